The molecule has 0 bridgehead atoms. The smallest absolute Gasteiger partial charge is 0.0162 e. The fourth-order valence-electron chi connectivity index (χ4n) is 7.32. The highest BCUT2D eigenvalue weighted by atomic mass is 14.4. The van der Waals surface area contributed by atoms with E-state index in [4.69, 9.17) is 0 Å². The van der Waals surface area contributed by atoms with E-state index in [0.717, 1.165) is 35.5 Å². The van der Waals surface area contributed by atoms with Crippen molar-refractivity contribution in [3.8, 4) is 0 Å². The third-order valence-electron chi connectivity index (χ3n) is 9.38. The van der Waals surface area contributed by atoms with Gasteiger partial charge in [-0.15, -0.1) is 0 Å². The van der Waals surface area contributed by atoms with Crippen LogP contribution in [0.25, 0.3) is 0 Å². The first-order valence-electron chi connectivity index (χ1n) is 13.4. The van der Waals surface area contributed by atoms with Gasteiger partial charge in [0.25, 0.3) is 0 Å². The molecule has 162 valence electrons. The molecule has 3 aliphatic carbocycles. The van der Waals surface area contributed by atoms with Crippen LogP contribution >= 0.6 is 0 Å². The van der Waals surface area contributed by atoms with Gasteiger partial charge in [0.15, 0.2) is 0 Å². The lowest BCUT2D eigenvalue weighted by molar-refractivity contribution is 0.109. The predicted molar refractivity (Wildman–Crippen MR) is 126 cm³/mol. The van der Waals surface area contributed by atoms with E-state index in [9.17, 15) is 0 Å². The monoisotopic (exact) mass is 394 g/mol. The highest BCUT2D eigenvalue weighted by Crippen LogP contribution is 2.47. The summed E-state index contributed by atoms with van der Waals surface area (Å²) < 4.78 is 0. The molecule has 0 aliphatic heterocycles. The van der Waals surface area contributed by atoms with Gasteiger partial charge in [-0.3, -0.25) is 0 Å². The molecular weight excluding hydrogens is 348 g/mol. The Bertz CT molecular complexity index is 575. The van der Waals surface area contributed by atoms with Crippen LogP contribution in [0.15, 0.2) is 24.3 Å². The maximum absolute atomic E-state index is 2.44. The standard InChI is InChI=1S/C29H46/c1-3-5-23-8-12-25(13-9-23)27-16-20-29(21-17-27)28-18-14-26(15-19-28)24-10-6-22(4-2)7-11-24/h8-9,12-13,22,24,26-29H,3-7,10-11,14-21H2,1-2H3. The van der Waals surface area contributed by atoms with Crippen molar-refractivity contribution in [2.45, 2.75) is 116 Å². The third kappa shape index (κ3) is 5.48. The molecule has 0 heteroatoms. The highest BCUT2D eigenvalue weighted by Gasteiger charge is 2.34. The van der Waals surface area contributed by atoms with Crippen LogP contribution in [0.1, 0.15) is 121 Å². The summed E-state index contributed by atoms with van der Waals surface area (Å²) in [6, 6.07) is 9.66. The van der Waals surface area contributed by atoms with Crippen molar-refractivity contribution in [3.63, 3.8) is 0 Å². The molecule has 3 fully saturated rings. The van der Waals surface area contributed by atoms with Crippen molar-refractivity contribution < 1.29 is 0 Å². The zero-order valence-corrected chi connectivity index (χ0v) is 19.4. The van der Waals surface area contributed by atoms with Crippen molar-refractivity contribution >= 4 is 0 Å². The van der Waals surface area contributed by atoms with Gasteiger partial charge in [0.05, 0.1) is 0 Å². The molecule has 0 radical (unpaired) electrons. The Kier molecular flexibility index (Phi) is 7.77. The Morgan fingerprint density at radius 1 is 0.586 bits per heavy atom. The second-order valence-electron chi connectivity index (χ2n) is 11.0. The molecular formula is C29H46. The molecule has 0 unspecified atom stereocenters. The molecule has 0 spiro atoms. The zero-order valence-electron chi connectivity index (χ0n) is 19.4. The second-order valence-corrected chi connectivity index (χ2v) is 11.0. The van der Waals surface area contributed by atoms with Gasteiger partial charge >= 0.3 is 0 Å². The Morgan fingerprint density at radius 2 is 1.03 bits per heavy atom. The number of hydrogen-bond acceptors (Lipinski definition) is 0. The largest absolute Gasteiger partial charge is 0.0651 e. The van der Waals surface area contributed by atoms with Gasteiger partial charge in [-0.25, -0.2) is 0 Å². The van der Waals surface area contributed by atoms with Gasteiger partial charge in [0.1, 0.15) is 0 Å². The first-order chi connectivity index (χ1) is 14.3. The maximum Gasteiger partial charge on any atom is -0.0162 e. The van der Waals surface area contributed by atoms with E-state index in [1.54, 1.807) is 44.1 Å². The van der Waals surface area contributed by atoms with Gasteiger partial charge in [0.2, 0.25) is 0 Å². The summed E-state index contributed by atoms with van der Waals surface area (Å²) in [6.45, 7) is 4.67. The van der Waals surface area contributed by atoms with Crippen molar-refractivity contribution in [3.05, 3.63) is 35.4 Å². The van der Waals surface area contributed by atoms with Gasteiger partial charge in [-0.05, 0) is 117 Å². The van der Waals surface area contributed by atoms with Crippen molar-refractivity contribution in [1.29, 1.82) is 0 Å². The number of benzene rings is 1. The summed E-state index contributed by atoms with van der Waals surface area (Å²) in [4.78, 5) is 0. The van der Waals surface area contributed by atoms with Gasteiger partial charge < -0.3 is 0 Å². The Morgan fingerprint density at radius 3 is 1.48 bits per heavy atom. The summed E-state index contributed by atoms with van der Waals surface area (Å²) in [5, 5.41) is 0. The summed E-state index contributed by atoms with van der Waals surface area (Å²) in [7, 11) is 0. The van der Waals surface area contributed by atoms with Crippen LogP contribution < -0.4 is 0 Å². The molecule has 0 amide bonds. The topological polar surface area (TPSA) is 0 Å². The lowest BCUT2D eigenvalue weighted by atomic mass is 9.64. The quantitative estimate of drug-likeness (QED) is 0.451. The van der Waals surface area contributed by atoms with Crippen LogP contribution in [0.5, 0.6) is 0 Å². The SMILES string of the molecule is CCCc1ccc(C2CCC(C3CCC(C4CCC(CC)CC4)CC3)CC2)cc1. The van der Waals surface area contributed by atoms with E-state index in [2.05, 4.69) is 38.1 Å². The van der Waals surface area contributed by atoms with Crippen LogP contribution in [0.3, 0.4) is 0 Å². The molecule has 1 aromatic rings. The zero-order chi connectivity index (χ0) is 20.1. The molecule has 0 nitrogen and oxygen atoms in total. The van der Waals surface area contributed by atoms with Crippen LogP contribution in [-0.4, -0.2) is 0 Å². The molecule has 0 aromatic heterocycles. The van der Waals surface area contributed by atoms with E-state index in [1.165, 1.54) is 63.4 Å². The Balaban J connectivity index is 1.20. The lowest BCUT2D eigenvalue weighted by Crippen LogP contribution is -2.29. The highest BCUT2D eigenvalue weighted by molar-refractivity contribution is 5.26. The Hall–Kier alpha value is -0.780. The Labute approximate surface area is 181 Å². The predicted octanol–water partition coefficient (Wildman–Crippen LogP) is 8.94. The molecule has 4 rings (SSSR count). The van der Waals surface area contributed by atoms with E-state index in [1.807, 2.05) is 0 Å². The van der Waals surface area contributed by atoms with Crippen LogP contribution in [-0.2, 0) is 6.42 Å². The molecule has 3 aliphatic rings. The van der Waals surface area contributed by atoms with Crippen molar-refractivity contribution in [1.82, 2.24) is 0 Å². The van der Waals surface area contributed by atoms with Crippen LogP contribution in [0, 0.1) is 29.6 Å². The molecule has 0 heterocycles. The van der Waals surface area contributed by atoms with Gasteiger partial charge in [-0.1, -0.05) is 63.8 Å². The first-order valence-corrected chi connectivity index (χ1v) is 13.4. The lowest BCUT2D eigenvalue weighted by Gasteiger charge is -2.41. The van der Waals surface area contributed by atoms with Gasteiger partial charge in [0, 0.05) is 0 Å². The van der Waals surface area contributed by atoms with Crippen LogP contribution in [0.4, 0.5) is 0 Å². The minimum atomic E-state index is 0.840. The summed E-state index contributed by atoms with van der Waals surface area (Å²) >= 11 is 0. The van der Waals surface area contributed by atoms with E-state index < -0.39 is 0 Å². The fourth-order valence-corrected chi connectivity index (χ4v) is 7.32. The minimum absolute atomic E-state index is 0.840. The fraction of sp³-hybridized carbons (Fsp3) is 0.793. The number of hydrogen-bond donors (Lipinski definition) is 0. The molecule has 0 saturated heterocycles. The van der Waals surface area contributed by atoms with Crippen molar-refractivity contribution in [2.75, 3.05) is 0 Å². The molecule has 3 saturated carbocycles. The minimum Gasteiger partial charge on any atom is -0.0651 e. The van der Waals surface area contributed by atoms with E-state index in [-0.39, 0.29) is 0 Å². The summed E-state index contributed by atoms with van der Waals surface area (Å²) in [6.07, 6.45) is 22.2. The first kappa shape index (κ1) is 21.5. The van der Waals surface area contributed by atoms with Crippen molar-refractivity contribution in [2.24, 2.45) is 29.6 Å². The molecule has 0 atom stereocenters. The van der Waals surface area contributed by atoms with Crippen LogP contribution in [0.2, 0.25) is 0 Å². The average molecular weight is 395 g/mol. The normalized spacial score (nSPS) is 36.1. The van der Waals surface area contributed by atoms with Gasteiger partial charge in [-0.2, -0.15) is 0 Å². The third-order valence-corrected chi connectivity index (χ3v) is 9.38. The average Bonchev–Trinajstić information content (AvgIpc) is 2.80. The number of aryl methyl sites for hydroxylation is 1. The molecule has 29 heavy (non-hydrogen) atoms. The second kappa shape index (κ2) is 10.5. The maximum atomic E-state index is 2.44. The number of rotatable bonds is 6. The van der Waals surface area contributed by atoms with E-state index in [0.29, 0.717) is 0 Å². The van der Waals surface area contributed by atoms with E-state index >= 15 is 0 Å². The summed E-state index contributed by atoms with van der Waals surface area (Å²) in [5.41, 5.74) is 3.14. The summed E-state index contributed by atoms with van der Waals surface area (Å²) in [5.74, 6) is 6.17. The molecule has 1 aromatic carbocycles. The molecule has 0 N–H and O–H groups in total.